The number of hydrogen-bond acceptors (Lipinski definition) is 4. The second-order valence-electron chi connectivity index (χ2n) is 5.23. The van der Waals surface area contributed by atoms with Gasteiger partial charge in [-0.1, -0.05) is 18.2 Å². The van der Waals surface area contributed by atoms with Crippen LogP contribution >= 0.6 is 11.8 Å². The summed E-state index contributed by atoms with van der Waals surface area (Å²) in [5.74, 6) is -1.14. The van der Waals surface area contributed by atoms with Crippen LogP contribution in [0.15, 0.2) is 58.3 Å². The van der Waals surface area contributed by atoms with Gasteiger partial charge in [0.05, 0.1) is 23.0 Å². The summed E-state index contributed by atoms with van der Waals surface area (Å²) in [5.41, 5.74) is 6.61. The molecule has 5 nitrogen and oxygen atoms in total. The van der Waals surface area contributed by atoms with E-state index in [9.17, 15) is 13.2 Å². The quantitative estimate of drug-likeness (QED) is 0.859. The van der Waals surface area contributed by atoms with Crippen molar-refractivity contribution in [3.05, 3.63) is 54.1 Å². The molecule has 0 saturated carbocycles. The number of carbonyl (C=O) groups is 1. The molecule has 2 N–H and O–H groups in total. The standard InChI is InChI=1S/C16H16N2O3S2/c1-22-11-6-8-12(9-7-11)23(20,21)18-10-14(16(17)19)13-4-2-3-5-15(13)18/h2-9,14H,10H2,1H3,(H2,17,19). The molecule has 2 aromatic carbocycles. The van der Waals surface area contributed by atoms with Crippen LogP contribution in [0.2, 0.25) is 0 Å². The Kier molecular flexibility index (Phi) is 4.08. The van der Waals surface area contributed by atoms with Gasteiger partial charge in [-0.2, -0.15) is 0 Å². The topological polar surface area (TPSA) is 80.5 Å². The fourth-order valence-electron chi connectivity index (χ4n) is 2.72. The molecule has 0 fully saturated rings. The first-order chi connectivity index (χ1) is 10.9. The average Bonchev–Trinajstić information content (AvgIpc) is 2.95. The Bertz CT molecular complexity index is 848. The van der Waals surface area contributed by atoms with E-state index in [2.05, 4.69) is 0 Å². The lowest BCUT2D eigenvalue weighted by Gasteiger charge is -2.20. The van der Waals surface area contributed by atoms with Crippen molar-refractivity contribution >= 4 is 33.4 Å². The number of benzene rings is 2. The number of fused-ring (bicyclic) bond motifs is 1. The van der Waals surface area contributed by atoms with Crippen LogP contribution in [0.1, 0.15) is 11.5 Å². The Morgan fingerprint density at radius 3 is 2.43 bits per heavy atom. The Morgan fingerprint density at radius 2 is 1.83 bits per heavy atom. The maximum atomic E-state index is 12.9. The van der Waals surface area contributed by atoms with Crippen LogP contribution in [0.4, 0.5) is 5.69 Å². The predicted molar refractivity (Wildman–Crippen MR) is 91.1 cm³/mol. The van der Waals surface area contributed by atoms with Gasteiger partial charge < -0.3 is 5.73 Å². The summed E-state index contributed by atoms with van der Waals surface area (Å²) in [7, 11) is -3.73. The Balaban J connectivity index is 2.05. The summed E-state index contributed by atoms with van der Waals surface area (Å²) in [5, 5.41) is 0. The number of sulfonamides is 1. The molecule has 23 heavy (non-hydrogen) atoms. The summed E-state index contributed by atoms with van der Waals surface area (Å²) in [6.07, 6.45) is 1.93. The molecule has 0 aliphatic carbocycles. The maximum absolute atomic E-state index is 12.9. The number of carbonyl (C=O) groups excluding carboxylic acids is 1. The van der Waals surface area contributed by atoms with Gasteiger partial charge in [0, 0.05) is 4.90 Å². The Labute approximate surface area is 139 Å². The summed E-state index contributed by atoms with van der Waals surface area (Å²) in [4.78, 5) is 12.8. The van der Waals surface area contributed by atoms with Gasteiger partial charge in [0.1, 0.15) is 0 Å². The zero-order valence-electron chi connectivity index (χ0n) is 12.5. The van der Waals surface area contributed by atoms with Crippen LogP contribution < -0.4 is 10.0 Å². The highest BCUT2D eigenvalue weighted by atomic mass is 32.2. The Hall–Kier alpha value is -1.99. The van der Waals surface area contributed by atoms with Gasteiger partial charge in [-0.3, -0.25) is 9.10 Å². The van der Waals surface area contributed by atoms with Gasteiger partial charge in [0.2, 0.25) is 5.91 Å². The first-order valence-corrected chi connectivity index (χ1v) is 9.66. The van der Waals surface area contributed by atoms with Gasteiger partial charge in [0.25, 0.3) is 10.0 Å². The smallest absolute Gasteiger partial charge is 0.264 e. The highest BCUT2D eigenvalue weighted by Gasteiger charge is 2.38. The van der Waals surface area contributed by atoms with E-state index < -0.39 is 21.8 Å². The van der Waals surface area contributed by atoms with Crippen molar-refractivity contribution in [2.45, 2.75) is 15.7 Å². The number of para-hydroxylation sites is 1. The number of amides is 1. The Morgan fingerprint density at radius 1 is 1.17 bits per heavy atom. The van der Waals surface area contributed by atoms with Crippen molar-refractivity contribution in [3.8, 4) is 0 Å². The second-order valence-corrected chi connectivity index (χ2v) is 7.97. The molecule has 2 aromatic rings. The van der Waals surface area contributed by atoms with E-state index >= 15 is 0 Å². The first-order valence-electron chi connectivity index (χ1n) is 7.00. The van der Waals surface area contributed by atoms with Crippen molar-refractivity contribution in [3.63, 3.8) is 0 Å². The minimum absolute atomic E-state index is 0.0429. The van der Waals surface area contributed by atoms with Crippen molar-refractivity contribution in [2.24, 2.45) is 5.73 Å². The van der Waals surface area contributed by atoms with Crippen molar-refractivity contribution < 1.29 is 13.2 Å². The number of thioether (sulfide) groups is 1. The van der Waals surface area contributed by atoms with Gasteiger partial charge in [0.15, 0.2) is 0 Å². The normalized spacial score (nSPS) is 17.1. The van der Waals surface area contributed by atoms with Crippen LogP contribution in [0.25, 0.3) is 0 Å². The zero-order valence-corrected chi connectivity index (χ0v) is 14.1. The number of nitrogens with zero attached hydrogens (tertiary/aromatic N) is 1. The van der Waals surface area contributed by atoms with Crippen LogP contribution in [-0.2, 0) is 14.8 Å². The second kappa shape index (κ2) is 5.90. The molecule has 0 saturated heterocycles. The molecule has 120 valence electrons. The summed E-state index contributed by atoms with van der Waals surface area (Å²) in [6.45, 7) is 0.0429. The van der Waals surface area contributed by atoms with Gasteiger partial charge in [-0.05, 0) is 42.2 Å². The molecule has 1 atom stereocenters. The number of anilines is 1. The summed E-state index contributed by atoms with van der Waals surface area (Å²) >= 11 is 1.54. The maximum Gasteiger partial charge on any atom is 0.264 e. The van der Waals surface area contributed by atoms with E-state index in [0.717, 1.165) is 4.90 Å². The molecule has 3 rings (SSSR count). The first kappa shape index (κ1) is 15.9. The van der Waals surface area contributed by atoms with Crippen LogP contribution in [-0.4, -0.2) is 27.1 Å². The van der Waals surface area contributed by atoms with Crippen LogP contribution in [0.5, 0.6) is 0 Å². The molecule has 1 unspecified atom stereocenters. The van der Waals surface area contributed by atoms with E-state index in [-0.39, 0.29) is 11.4 Å². The molecule has 1 heterocycles. The van der Waals surface area contributed by atoms with Crippen molar-refractivity contribution in [1.29, 1.82) is 0 Å². The molecular weight excluding hydrogens is 332 g/mol. The van der Waals surface area contributed by atoms with Gasteiger partial charge in [-0.15, -0.1) is 11.8 Å². The van der Waals surface area contributed by atoms with Crippen LogP contribution in [0.3, 0.4) is 0 Å². The van der Waals surface area contributed by atoms with Crippen molar-refractivity contribution in [2.75, 3.05) is 17.1 Å². The third-order valence-electron chi connectivity index (χ3n) is 3.92. The molecule has 1 amide bonds. The molecular formula is C16H16N2O3S2. The highest BCUT2D eigenvalue weighted by molar-refractivity contribution is 7.98. The molecule has 0 bridgehead atoms. The monoisotopic (exact) mass is 348 g/mol. The minimum atomic E-state index is -3.73. The number of primary amides is 1. The lowest BCUT2D eigenvalue weighted by Crippen LogP contribution is -2.33. The SMILES string of the molecule is CSc1ccc(S(=O)(=O)N2CC(C(N)=O)c3ccccc32)cc1. The van der Waals surface area contributed by atoms with Crippen molar-refractivity contribution in [1.82, 2.24) is 0 Å². The van der Waals surface area contributed by atoms with Gasteiger partial charge in [-0.25, -0.2) is 8.42 Å². The van der Waals surface area contributed by atoms with E-state index in [4.69, 9.17) is 5.73 Å². The molecule has 7 heteroatoms. The molecule has 0 aromatic heterocycles. The molecule has 1 aliphatic heterocycles. The minimum Gasteiger partial charge on any atom is -0.369 e. The summed E-state index contributed by atoms with van der Waals surface area (Å²) < 4.78 is 27.1. The van der Waals surface area contributed by atoms with E-state index in [1.807, 2.05) is 6.26 Å². The average molecular weight is 348 g/mol. The third-order valence-corrected chi connectivity index (χ3v) is 6.46. The van der Waals surface area contributed by atoms with E-state index in [0.29, 0.717) is 11.3 Å². The zero-order chi connectivity index (χ0) is 16.6. The highest BCUT2D eigenvalue weighted by Crippen LogP contribution is 2.39. The third kappa shape index (κ3) is 2.70. The molecule has 0 radical (unpaired) electrons. The van der Waals surface area contributed by atoms with Gasteiger partial charge >= 0.3 is 0 Å². The largest absolute Gasteiger partial charge is 0.369 e. The van der Waals surface area contributed by atoms with E-state index in [1.54, 1.807) is 60.3 Å². The lowest BCUT2D eigenvalue weighted by molar-refractivity contribution is -0.119. The fraction of sp³-hybridized carbons (Fsp3) is 0.188. The molecule has 0 spiro atoms. The lowest BCUT2D eigenvalue weighted by atomic mass is 10.0. The van der Waals surface area contributed by atoms with E-state index in [1.165, 1.54) is 4.31 Å². The summed E-state index contributed by atoms with van der Waals surface area (Å²) in [6, 6.07) is 13.7. The number of hydrogen-bond donors (Lipinski definition) is 1. The fourth-order valence-corrected chi connectivity index (χ4v) is 4.63. The number of rotatable bonds is 4. The predicted octanol–water partition coefficient (Wildman–Crippen LogP) is 2.19. The molecule has 1 aliphatic rings. The van der Waals surface area contributed by atoms with Crippen LogP contribution in [0, 0.1) is 0 Å². The number of nitrogens with two attached hydrogens (primary N) is 1.